The molecule has 0 bridgehead atoms. The fourth-order valence-corrected chi connectivity index (χ4v) is 2.52. The number of benzene rings is 1. The minimum absolute atomic E-state index is 0.340. The van der Waals surface area contributed by atoms with Crippen molar-refractivity contribution in [1.82, 2.24) is 4.57 Å². The van der Waals surface area contributed by atoms with E-state index in [1.165, 1.54) is 23.9 Å². The number of pyridine rings is 1. The average Bonchev–Trinajstić information content (AvgIpc) is 2.47. The summed E-state index contributed by atoms with van der Waals surface area (Å²) in [4.78, 5) is 11.8. The number of rotatable bonds is 6. The monoisotopic (exact) mass is 345 g/mol. The second-order valence-corrected chi connectivity index (χ2v) is 5.66. The molecule has 0 N–H and O–H groups in total. The van der Waals surface area contributed by atoms with E-state index < -0.39 is 18.5 Å². The van der Waals surface area contributed by atoms with Gasteiger partial charge in [-0.1, -0.05) is 17.7 Å². The van der Waals surface area contributed by atoms with Gasteiger partial charge in [0.2, 0.25) is 0 Å². The van der Waals surface area contributed by atoms with Gasteiger partial charge in [-0.2, -0.15) is 0 Å². The molecule has 118 valence electrons. The Morgan fingerprint density at radius 1 is 1.32 bits per heavy atom. The summed E-state index contributed by atoms with van der Waals surface area (Å²) in [5, 5.41) is 0.340. The third-order valence-electron chi connectivity index (χ3n) is 2.93. The normalized spacial score (nSPS) is 11.0. The highest BCUT2D eigenvalue weighted by Crippen LogP contribution is 2.31. The van der Waals surface area contributed by atoms with Crippen LogP contribution in [0.3, 0.4) is 0 Å². The number of thioether (sulfide) groups is 1. The minimum atomic E-state index is -2.62. The average molecular weight is 346 g/mol. The molecule has 0 aliphatic rings. The van der Waals surface area contributed by atoms with Gasteiger partial charge in [-0.15, -0.1) is 11.8 Å². The maximum absolute atomic E-state index is 12.7. The molecule has 0 aliphatic carbocycles. The molecule has 0 aliphatic heterocycles. The fraction of sp³-hybridized carbons (Fsp3) is 0.267. The number of ether oxygens (including phenoxy) is 1. The first kappa shape index (κ1) is 16.8. The van der Waals surface area contributed by atoms with Crippen molar-refractivity contribution in [1.29, 1.82) is 0 Å². The standard InChI is InChI=1S/C15H14ClF2NO2S/c1-22-9-21-10-5-6-11(12(16)7-10)13-3-2-4-15(20)19(13)8-14(17)18/h2-7,14H,8-9H2,1H3. The van der Waals surface area contributed by atoms with Crippen LogP contribution in [-0.4, -0.2) is 23.2 Å². The SMILES string of the molecule is CSCOc1ccc(-c2cccc(=O)n2CC(F)F)c(Cl)c1. The smallest absolute Gasteiger partial charge is 0.256 e. The Kier molecular flexibility index (Phi) is 5.85. The van der Waals surface area contributed by atoms with Gasteiger partial charge in [0.1, 0.15) is 11.7 Å². The number of aromatic nitrogens is 1. The molecule has 2 rings (SSSR count). The third-order valence-corrected chi connectivity index (χ3v) is 3.60. The van der Waals surface area contributed by atoms with E-state index in [2.05, 4.69) is 0 Å². The molecule has 0 saturated heterocycles. The lowest BCUT2D eigenvalue weighted by atomic mass is 10.1. The zero-order valence-corrected chi connectivity index (χ0v) is 13.3. The van der Waals surface area contributed by atoms with Crippen molar-refractivity contribution in [3.8, 4) is 17.0 Å². The van der Waals surface area contributed by atoms with Crippen LogP contribution in [0.25, 0.3) is 11.3 Å². The number of halogens is 3. The first-order valence-corrected chi connectivity index (χ1v) is 8.19. The number of hydrogen-bond acceptors (Lipinski definition) is 3. The lowest BCUT2D eigenvalue weighted by molar-refractivity contribution is 0.126. The third kappa shape index (κ3) is 4.01. The van der Waals surface area contributed by atoms with Crippen molar-refractivity contribution in [2.45, 2.75) is 13.0 Å². The maximum Gasteiger partial charge on any atom is 0.256 e. The highest BCUT2D eigenvalue weighted by atomic mass is 35.5. The van der Waals surface area contributed by atoms with Crippen LogP contribution in [0, 0.1) is 0 Å². The summed E-state index contributed by atoms with van der Waals surface area (Å²) in [6.45, 7) is -0.671. The molecular weight excluding hydrogens is 332 g/mol. The maximum atomic E-state index is 12.7. The second kappa shape index (κ2) is 7.65. The van der Waals surface area contributed by atoms with Gasteiger partial charge in [0.15, 0.2) is 0 Å². The summed E-state index contributed by atoms with van der Waals surface area (Å²) in [7, 11) is 0. The van der Waals surface area contributed by atoms with Gasteiger partial charge >= 0.3 is 0 Å². The van der Waals surface area contributed by atoms with E-state index in [1.807, 2.05) is 6.26 Å². The van der Waals surface area contributed by atoms with Crippen molar-refractivity contribution in [2.75, 3.05) is 12.2 Å². The zero-order chi connectivity index (χ0) is 16.1. The molecule has 0 spiro atoms. The van der Waals surface area contributed by atoms with E-state index in [0.717, 1.165) is 4.57 Å². The number of alkyl halides is 2. The first-order chi connectivity index (χ1) is 10.5. The summed E-state index contributed by atoms with van der Waals surface area (Å²) in [6.07, 6.45) is -0.718. The minimum Gasteiger partial charge on any atom is -0.483 e. The van der Waals surface area contributed by atoms with E-state index in [-0.39, 0.29) is 0 Å². The van der Waals surface area contributed by atoms with Crippen molar-refractivity contribution < 1.29 is 13.5 Å². The Hall–Kier alpha value is -1.53. The summed E-state index contributed by atoms with van der Waals surface area (Å²) < 4.78 is 31.8. The molecule has 1 heterocycles. The van der Waals surface area contributed by atoms with Crippen LogP contribution in [0.2, 0.25) is 5.02 Å². The molecule has 3 nitrogen and oxygen atoms in total. The van der Waals surface area contributed by atoms with Gasteiger partial charge in [0.25, 0.3) is 12.0 Å². The van der Waals surface area contributed by atoms with Gasteiger partial charge < -0.3 is 9.30 Å². The van der Waals surface area contributed by atoms with Gasteiger partial charge in [-0.25, -0.2) is 8.78 Å². The molecule has 1 aromatic carbocycles. The molecule has 2 aromatic rings. The Morgan fingerprint density at radius 2 is 2.09 bits per heavy atom. The molecule has 1 aromatic heterocycles. The van der Waals surface area contributed by atoms with Crippen molar-refractivity contribution >= 4 is 23.4 Å². The predicted octanol–water partition coefficient (Wildman–Crippen LogP) is 4.13. The molecule has 0 radical (unpaired) electrons. The first-order valence-electron chi connectivity index (χ1n) is 6.42. The fourth-order valence-electron chi connectivity index (χ4n) is 2.00. The van der Waals surface area contributed by atoms with E-state index >= 15 is 0 Å². The highest BCUT2D eigenvalue weighted by Gasteiger charge is 2.14. The zero-order valence-electron chi connectivity index (χ0n) is 11.8. The van der Waals surface area contributed by atoms with E-state index in [4.69, 9.17) is 16.3 Å². The van der Waals surface area contributed by atoms with E-state index in [1.54, 1.807) is 24.3 Å². The van der Waals surface area contributed by atoms with Gasteiger partial charge in [-0.3, -0.25) is 4.79 Å². The van der Waals surface area contributed by atoms with Crippen LogP contribution < -0.4 is 10.3 Å². The molecular formula is C15H14ClF2NO2S. The van der Waals surface area contributed by atoms with Crippen LogP contribution >= 0.6 is 23.4 Å². The summed E-state index contributed by atoms with van der Waals surface area (Å²) in [5.74, 6) is 1.07. The predicted molar refractivity (Wildman–Crippen MR) is 86.2 cm³/mol. The molecule has 0 unspecified atom stereocenters. The van der Waals surface area contributed by atoms with Crippen LogP contribution in [0.4, 0.5) is 8.78 Å². The summed E-state index contributed by atoms with van der Waals surface area (Å²) in [5.41, 5.74) is 0.377. The van der Waals surface area contributed by atoms with Crippen molar-refractivity contribution in [2.24, 2.45) is 0 Å². The Morgan fingerprint density at radius 3 is 2.73 bits per heavy atom. The molecule has 0 saturated carbocycles. The Balaban J connectivity index is 2.44. The molecule has 0 atom stereocenters. The quantitative estimate of drug-likeness (QED) is 0.737. The Labute approximate surface area is 135 Å². The molecule has 0 amide bonds. The second-order valence-electron chi connectivity index (χ2n) is 4.44. The van der Waals surface area contributed by atoms with Crippen molar-refractivity contribution in [3.63, 3.8) is 0 Å². The van der Waals surface area contributed by atoms with Crippen LogP contribution in [0.1, 0.15) is 0 Å². The van der Waals surface area contributed by atoms with Crippen molar-refractivity contribution in [3.05, 3.63) is 51.8 Å². The molecule has 22 heavy (non-hydrogen) atoms. The van der Waals surface area contributed by atoms with E-state index in [9.17, 15) is 13.6 Å². The number of hydrogen-bond donors (Lipinski definition) is 0. The highest BCUT2D eigenvalue weighted by molar-refractivity contribution is 7.98. The van der Waals surface area contributed by atoms with Crippen LogP contribution in [-0.2, 0) is 6.54 Å². The lowest BCUT2D eigenvalue weighted by Crippen LogP contribution is -2.23. The largest absolute Gasteiger partial charge is 0.483 e. The van der Waals surface area contributed by atoms with Crippen LogP contribution in [0.15, 0.2) is 41.2 Å². The number of nitrogens with zero attached hydrogens (tertiary/aromatic N) is 1. The lowest BCUT2D eigenvalue weighted by Gasteiger charge is -2.14. The van der Waals surface area contributed by atoms with Gasteiger partial charge in [-0.05, 0) is 30.5 Å². The summed E-state index contributed by atoms with van der Waals surface area (Å²) in [6, 6.07) is 9.32. The molecule has 7 heteroatoms. The summed E-state index contributed by atoms with van der Waals surface area (Å²) >= 11 is 7.73. The van der Waals surface area contributed by atoms with E-state index in [0.29, 0.717) is 28.0 Å². The molecule has 0 fully saturated rings. The van der Waals surface area contributed by atoms with Gasteiger partial charge in [0, 0.05) is 11.6 Å². The van der Waals surface area contributed by atoms with Gasteiger partial charge in [0.05, 0.1) is 17.3 Å². The Bertz CT molecular complexity index is 706. The van der Waals surface area contributed by atoms with Crippen LogP contribution in [0.5, 0.6) is 5.75 Å². The topological polar surface area (TPSA) is 31.2 Å².